The normalized spacial score (nSPS) is 24.4. The van der Waals surface area contributed by atoms with Gasteiger partial charge in [0.1, 0.15) is 0 Å². The van der Waals surface area contributed by atoms with Gasteiger partial charge in [-0.05, 0) is 38.3 Å². The lowest BCUT2D eigenvalue weighted by Crippen LogP contribution is -2.41. The fourth-order valence-corrected chi connectivity index (χ4v) is 3.04. The topological polar surface area (TPSA) is 29.3 Å². The van der Waals surface area contributed by atoms with Gasteiger partial charge in [-0.2, -0.15) is 11.8 Å². The summed E-state index contributed by atoms with van der Waals surface area (Å²) in [6, 6.07) is 0.768. The zero-order chi connectivity index (χ0) is 11.3. The van der Waals surface area contributed by atoms with Crippen LogP contribution in [0, 0.1) is 5.41 Å². The Hall–Kier alpha value is 0.270. The molecule has 0 aliphatic carbocycles. The van der Waals surface area contributed by atoms with E-state index in [0.29, 0.717) is 5.41 Å². The summed E-state index contributed by atoms with van der Waals surface area (Å²) in [4.78, 5) is 2.63. The third kappa shape index (κ3) is 4.75. The minimum absolute atomic E-state index is 0.327. The molecular formula is C12H26N2S. The number of hydrogen-bond donors (Lipinski definition) is 1. The molecule has 0 spiro atoms. The standard InChI is InChI=1S/C12H26N2S/c1-11-9-15-8-7-14(11)6-4-5-12(2,3)10-13/h11H,4-10,13H2,1-3H3. The van der Waals surface area contributed by atoms with Gasteiger partial charge in [0, 0.05) is 24.1 Å². The van der Waals surface area contributed by atoms with Crippen molar-refractivity contribution in [1.82, 2.24) is 4.90 Å². The average Bonchev–Trinajstić information content (AvgIpc) is 2.21. The van der Waals surface area contributed by atoms with Crippen molar-refractivity contribution in [1.29, 1.82) is 0 Å². The third-order valence-corrected chi connectivity index (χ3v) is 4.55. The Morgan fingerprint density at radius 1 is 1.47 bits per heavy atom. The number of nitrogens with two attached hydrogens (primary N) is 1. The van der Waals surface area contributed by atoms with Crippen molar-refractivity contribution in [3.8, 4) is 0 Å². The van der Waals surface area contributed by atoms with E-state index >= 15 is 0 Å². The molecule has 1 fully saturated rings. The molecule has 0 radical (unpaired) electrons. The largest absolute Gasteiger partial charge is 0.330 e. The molecule has 0 aromatic heterocycles. The first-order chi connectivity index (χ1) is 7.05. The Balaban J connectivity index is 2.19. The molecule has 1 heterocycles. The summed E-state index contributed by atoms with van der Waals surface area (Å²) < 4.78 is 0. The second-order valence-corrected chi connectivity index (χ2v) is 6.58. The van der Waals surface area contributed by atoms with Crippen molar-refractivity contribution in [3.05, 3.63) is 0 Å². The fraction of sp³-hybridized carbons (Fsp3) is 1.00. The van der Waals surface area contributed by atoms with Crippen LogP contribution in [0.25, 0.3) is 0 Å². The first-order valence-electron chi connectivity index (χ1n) is 6.07. The van der Waals surface area contributed by atoms with E-state index in [9.17, 15) is 0 Å². The molecule has 0 saturated carbocycles. The van der Waals surface area contributed by atoms with Gasteiger partial charge in [-0.3, -0.25) is 4.90 Å². The summed E-state index contributed by atoms with van der Waals surface area (Å²) in [5.41, 5.74) is 6.06. The van der Waals surface area contributed by atoms with Crippen LogP contribution in [0.4, 0.5) is 0 Å². The zero-order valence-corrected chi connectivity index (χ0v) is 11.3. The van der Waals surface area contributed by atoms with Gasteiger partial charge < -0.3 is 5.73 Å². The minimum Gasteiger partial charge on any atom is -0.330 e. The quantitative estimate of drug-likeness (QED) is 0.785. The van der Waals surface area contributed by atoms with E-state index in [1.54, 1.807) is 0 Å². The fourth-order valence-electron chi connectivity index (χ4n) is 1.96. The maximum atomic E-state index is 5.74. The molecule has 1 aliphatic rings. The van der Waals surface area contributed by atoms with Gasteiger partial charge in [0.25, 0.3) is 0 Å². The molecule has 1 rings (SSSR count). The van der Waals surface area contributed by atoms with Crippen molar-refractivity contribution in [2.75, 3.05) is 31.1 Å². The van der Waals surface area contributed by atoms with Gasteiger partial charge in [-0.1, -0.05) is 13.8 Å². The van der Waals surface area contributed by atoms with Crippen LogP contribution in [0.3, 0.4) is 0 Å². The maximum Gasteiger partial charge on any atom is 0.0158 e. The van der Waals surface area contributed by atoms with Crippen LogP contribution in [0.5, 0.6) is 0 Å². The van der Waals surface area contributed by atoms with Crippen LogP contribution in [0.15, 0.2) is 0 Å². The summed E-state index contributed by atoms with van der Waals surface area (Å²) in [6.07, 6.45) is 2.54. The predicted octanol–water partition coefficient (Wildman–Crippen LogP) is 2.19. The van der Waals surface area contributed by atoms with Gasteiger partial charge in [-0.15, -0.1) is 0 Å². The van der Waals surface area contributed by atoms with Gasteiger partial charge in [-0.25, -0.2) is 0 Å². The maximum absolute atomic E-state index is 5.74. The summed E-state index contributed by atoms with van der Waals surface area (Å²) in [6.45, 7) is 10.2. The van der Waals surface area contributed by atoms with Gasteiger partial charge in [0.15, 0.2) is 0 Å². The zero-order valence-electron chi connectivity index (χ0n) is 10.5. The molecule has 15 heavy (non-hydrogen) atoms. The molecule has 1 aliphatic heterocycles. The molecule has 2 N–H and O–H groups in total. The van der Waals surface area contributed by atoms with E-state index in [1.807, 2.05) is 0 Å². The Morgan fingerprint density at radius 3 is 2.80 bits per heavy atom. The van der Waals surface area contributed by atoms with E-state index in [0.717, 1.165) is 12.6 Å². The van der Waals surface area contributed by atoms with E-state index < -0.39 is 0 Å². The lowest BCUT2D eigenvalue weighted by molar-refractivity contribution is 0.212. The molecule has 1 unspecified atom stereocenters. The van der Waals surface area contributed by atoms with Crippen LogP contribution in [-0.4, -0.2) is 42.1 Å². The summed E-state index contributed by atoms with van der Waals surface area (Å²) in [7, 11) is 0. The van der Waals surface area contributed by atoms with E-state index in [1.165, 1.54) is 37.4 Å². The predicted molar refractivity (Wildman–Crippen MR) is 70.4 cm³/mol. The monoisotopic (exact) mass is 230 g/mol. The highest BCUT2D eigenvalue weighted by molar-refractivity contribution is 7.99. The lowest BCUT2D eigenvalue weighted by atomic mass is 9.88. The summed E-state index contributed by atoms with van der Waals surface area (Å²) >= 11 is 2.09. The first kappa shape index (κ1) is 13.3. The molecule has 2 nitrogen and oxygen atoms in total. The van der Waals surface area contributed by atoms with Crippen LogP contribution < -0.4 is 5.73 Å². The van der Waals surface area contributed by atoms with Gasteiger partial charge in [0.05, 0.1) is 0 Å². The van der Waals surface area contributed by atoms with E-state index in [-0.39, 0.29) is 0 Å². The number of hydrogen-bond acceptors (Lipinski definition) is 3. The number of nitrogens with zero attached hydrogens (tertiary/aromatic N) is 1. The van der Waals surface area contributed by atoms with E-state index in [4.69, 9.17) is 5.73 Å². The second kappa shape index (κ2) is 6.12. The molecule has 0 bridgehead atoms. The first-order valence-corrected chi connectivity index (χ1v) is 7.22. The molecule has 0 aromatic carbocycles. The van der Waals surface area contributed by atoms with Crippen molar-refractivity contribution >= 4 is 11.8 Å². The summed E-state index contributed by atoms with van der Waals surface area (Å²) in [5.74, 6) is 2.62. The molecular weight excluding hydrogens is 204 g/mol. The smallest absolute Gasteiger partial charge is 0.0158 e. The Labute approximate surface area is 99.0 Å². The van der Waals surface area contributed by atoms with Crippen LogP contribution in [0.1, 0.15) is 33.6 Å². The minimum atomic E-state index is 0.327. The number of thioether (sulfide) groups is 1. The molecule has 3 heteroatoms. The van der Waals surface area contributed by atoms with Gasteiger partial charge >= 0.3 is 0 Å². The highest BCUT2D eigenvalue weighted by atomic mass is 32.2. The van der Waals surface area contributed by atoms with Crippen molar-refractivity contribution in [2.24, 2.45) is 11.1 Å². The molecule has 0 aromatic rings. The lowest BCUT2D eigenvalue weighted by Gasteiger charge is -2.34. The average molecular weight is 230 g/mol. The van der Waals surface area contributed by atoms with Gasteiger partial charge in [0.2, 0.25) is 0 Å². The highest BCUT2D eigenvalue weighted by Gasteiger charge is 2.20. The van der Waals surface area contributed by atoms with Crippen LogP contribution in [-0.2, 0) is 0 Å². The van der Waals surface area contributed by atoms with Crippen molar-refractivity contribution in [3.63, 3.8) is 0 Å². The number of rotatable bonds is 5. The Morgan fingerprint density at radius 2 is 2.20 bits per heavy atom. The Bertz CT molecular complexity index is 182. The van der Waals surface area contributed by atoms with Crippen LogP contribution >= 0.6 is 11.8 Å². The second-order valence-electron chi connectivity index (χ2n) is 5.43. The van der Waals surface area contributed by atoms with Crippen molar-refractivity contribution in [2.45, 2.75) is 39.7 Å². The molecule has 1 atom stereocenters. The molecule has 90 valence electrons. The van der Waals surface area contributed by atoms with Crippen LogP contribution in [0.2, 0.25) is 0 Å². The molecule has 1 saturated heterocycles. The summed E-state index contributed by atoms with van der Waals surface area (Å²) in [5, 5.41) is 0. The SMILES string of the molecule is CC1CSCCN1CCCC(C)(C)CN. The van der Waals surface area contributed by atoms with E-state index in [2.05, 4.69) is 37.4 Å². The highest BCUT2D eigenvalue weighted by Crippen LogP contribution is 2.22. The molecule has 0 amide bonds. The Kier molecular flexibility index (Phi) is 5.44. The third-order valence-electron chi connectivity index (χ3n) is 3.36. The van der Waals surface area contributed by atoms with Crippen molar-refractivity contribution < 1.29 is 0 Å².